The van der Waals surface area contributed by atoms with Crippen molar-refractivity contribution in [3.8, 4) is 11.3 Å². The van der Waals surface area contributed by atoms with E-state index in [2.05, 4.69) is 47.7 Å². The van der Waals surface area contributed by atoms with Crippen LogP contribution >= 0.6 is 12.2 Å². The van der Waals surface area contributed by atoms with Crippen LogP contribution < -0.4 is 0 Å². The van der Waals surface area contributed by atoms with Gasteiger partial charge in [-0.1, -0.05) is 29.8 Å². The number of H-pyrrole nitrogens is 1. The van der Waals surface area contributed by atoms with E-state index in [1.165, 1.54) is 11.1 Å². The lowest BCUT2D eigenvalue weighted by Crippen LogP contribution is -1.96. The van der Waals surface area contributed by atoms with Crippen molar-refractivity contribution in [2.24, 2.45) is 0 Å². The lowest BCUT2D eigenvalue weighted by atomic mass is 10.1. The molecule has 0 aliphatic heterocycles. The van der Waals surface area contributed by atoms with E-state index in [1.807, 2.05) is 6.20 Å². The lowest BCUT2D eigenvalue weighted by Gasteiger charge is -2.05. The molecule has 0 amide bonds. The van der Waals surface area contributed by atoms with Crippen LogP contribution in [0.2, 0.25) is 0 Å². The number of aromatic nitrogens is 2. The van der Waals surface area contributed by atoms with Crippen molar-refractivity contribution in [2.75, 3.05) is 0 Å². The summed E-state index contributed by atoms with van der Waals surface area (Å²) >= 11 is 5.21. The summed E-state index contributed by atoms with van der Waals surface area (Å²) in [6.07, 6.45) is 1.97. The molecule has 0 unspecified atom stereocenters. The third-order valence-corrected chi connectivity index (χ3v) is 2.87. The molecule has 0 saturated carbocycles. The molecule has 1 heterocycles. The van der Waals surface area contributed by atoms with Crippen molar-refractivity contribution in [1.29, 1.82) is 0 Å². The fourth-order valence-corrected chi connectivity index (χ4v) is 1.96. The second-order valence-electron chi connectivity index (χ2n) is 3.59. The maximum atomic E-state index is 5.21. The molecule has 0 aliphatic rings. The zero-order chi connectivity index (χ0) is 10.8. The Morgan fingerprint density at radius 2 is 1.93 bits per heavy atom. The molecule has 3 heteroatoms. The highest BCUT2D eigenvalue weighted by molar-refractivity contribution is 7.71. The number of aromatic amines is 1. The van der Waals surface area contributed by atoms with Crippen molar-refractivity contribution in [2.45, 2.75) is 20.4 Å². The summed E-state index contributed by atoms with van der Waals surface area (Å²) < 4.78 is 2.88. The minimum absolute atomic E-state index is 0.785. The Hall–Kier alpha value is -1.35. The molecule has 78 valence electrons. The first-order valence-electron chi connectivity index (χ1n) is 5.07. The van der Waals surface area contributed by atoms with Crippen LogP contribution in [-0.2, 0) is 6.54 Å². The minimum Gasteiger partial charge on any atom is -0.337 e. The van der Waals surface area contributed by atoms with Crippen LogP contribution in [-0.4, -0.2) is 9.55 Å². The summed E-state index contributed by atoms with van der Waals surface area (Å²) in [5, 5.41) is 0. The number of nitrogens with one attached hydrogen (secondary N) is 1. The standard InChI is InChI=1S/C12H14N2S/c1-3-14-11(8-13-12(14)15)10-6-4-9(2)5-7-10/h4-8H,3H2,1-2H3,(H,13,15). The van der Waals surface area contributed by atoms with E-state index in [1.54, 1.807) is 0 Å². The monoisotopic (exact) mass is 218 g/mol. The normalized spacial score (nSPS) is 10.5. The van der Waals surface area contributed by atoms with Gasteiger partial charge >= 0.3 is 0 Å². The zero-order valence-corrected chi connectivity index (χ0v) is 9.77. The summed E-state index contributed by atoms with van der Waals surface area (Å²) in [6, 6.07) is 8.48. The fourth-order valence-electron chi connectivity index (χ4n) is 1.67. The molecule has 1 N–H and O–H groups in total. The van der Waals surface area contributed by atoms with E-state index in [9.17, 15) is 0 Å². The van der Waals surface area contributed by atoms with Crippen molar-refractivity contribution in [1.82, 2.24) is 9.55 Å². The van der Waals surface area contributed by atoms with Gasteiger partial charge in [0.05, 0.1) is 5.69 Å². The third-order valence-electron chi connectivity index (χ3n) is 2.53. The first kappa shape index (κ1) is 10.2. The van der Waals surface area contributed by atoms with Crippen LogP contribution in [0.15, 0.2) is 30.5 Å². The highest BCUT2D eigenvalue weighted by atomic mass is 32.1. The van der Waals surface area contributed by atoms with Gasteiger partial charge < -0.3 is 9.55 Å². The molecule has 2 nitrogen and oxygen atoms in total. The van der Waals surface area contributed by atoms with Crippen molar-refractivity contribution in [3.05, 3.63) is 40.8 Å². The number of hydrogen-bond acceptors (Lipinski definition) is 1. The molecule has 0 aliphatic carbocycles. The molecule has 0 saturated heterocycles. The third kappa shape index (κ3) is 1.88. The Morgan fingerprint density at radius 3 is 2.53 bits per heavy atom. The first-order chi connectivity index (χ1) is 7.22. The average molecular weight is 218 g/mol. The van der Waals surface area contributed by atoms with E-state index < -0.39 is 0 Å². The van der Waals surface area contributed by atoms with E-state index >= 15 is 0 Å². The number of hydrogen-bond donors (Lipinski definition) is 1. The van der Waals surface area contributed by atoms with Crippen LogP contribution in [0, 0.1) is 11.7 Å². The molecule has 0 radical (unpaired) electrons. The van der Waals surface area contributed by atoms with E-state index in [0.717, 1.165) is 17.0 Å². The molecule has 15 heavy (non-hydrogen) atoms. The van der Waals surface area contributed by atoms with Crippen LogP contribution in [0.25, 0.3) is 11.3 Å². The van der Waals surface area contributed by atoms with Gasteiger partial charge in [-0.05, 0) is 31.6 Å². The Balaban J connectivity index is 2.54. The SMILES string of the molecule is CCn1c(-c2ccc(C)cc2)c[nH]c1=S. The Morgan fingerprint density at radius 1 is 1.27 bits per heavy atom. The number of nitrogens with zero attached hydrogens (tertiary/aromatic N) is 1. The van der Waals surface area contributed by atoms with Crippen LogP contribution in [0.5, 0.6) is 0 Å². The number of aryl methyl sites for hydroxylation is 1. The lowest BCUT2D eigenvalue weighted by molar-refractivity contribution is 0.756. The van der Waals surface area contributed by atoms with Gasteiger partial charge in [0.2, 0.25) is 0 Å². The van der Waals surface area contributed by atoms with Gasteiger partial charge in [0.1, 0.15) is 0 Å². The van der Waals surface area contributed by atoms with Crippen LogP contribution in [0.1, 0.15) is 12.5 Å². The molecule has 1 aromatic carbocycles. The van der Waals surface area contributed by atoms with Gasteiger partial charge in [0.15, 0.2) is 4.77 Å². The van der Waals surface area contributed by atoms with E-state index in [0.29, 0.717) is 0 Å². The van der Waals surface area contributed by atoms with Crippen LogP contribution in [0.3, 0.4) is 0 Å². The first-order valence-corrected chi connectivity index (χ1v) is 5.48. The predicted octanol–water partition coefficient (Wildman–Crippen LogP) is 3.54. The van der Waals surface area contributed by atoms with Crippen molar-refractivity contribution >= 4 is 12.2 Å². The molecular formula is C12H14N2S. The molecule has 0 atom stereocenters. The minimum atomic E-state index is 0.785. The van der Waals surface area contributed by atoms with E-state index in [4.69, 9.17) is 12.2 Å². The maximum absolute atomic E-state index is 5.21. The summed E-state index contributed by atoms with van der Waals surface area (Å²) in [5.74, 6) is 0. The van der Waals surface area contributed by atoms with Gasteiger partial charge in [0.25, 0.3) is 0 Å². The predicted molar refractivity (Wildman–Crippen MR) is 65.5 cm³/mol. The number of rotatable bonds is 2. The summed E-state index contributed by atoms with van der Waals surface area (Å²) in [4.78, 5) is 3.08. The largest absolute Gasteiger partial charge is 0.337 e. The van der Waals surface area contributed by atoms with Crippen LogP contribution in [0.4, 0.5) is 0 Å². The summed E-state index contributed by atoms with van der Waals surface area (Å²) in [5.41, 5.74) is 3.63. The van der Waals surface area contributed by atoms with Gasteiger partial charge in [-0.25, -0.2) is 0 Å². The van der Waals surface area contributed by atoms with Crippen molar-refractivity contribution < 1.29 is 0 Å². The molecule has 0 fully saturated rings. The zero-order valence-electron chi connectivity index (χ0n) is 8.95. The Kier molecular flexibility index (Phi) is 2.73. The second-order valence-corrected chi connectivity index (χ2v) is 3.98. The summed E-state index contributed by atoms with van der Waals surface area (Å²) in [7, 11) is 0. The maximum Gasteiger partial charge on any atom is 0.177 e. The molecule has 2 rings (SSSR count). The Bertz CT molecular complexity index is 505. The van der Waals surface area contributed by atoms with Crippen molar-refractivity contribution in [3.63, 3.8) is 0 Å². The molecule has 0 bridgehead atoms. The molecular weight excluding hydrogens is 204 g/mol. The van der Waals surface area contributed by atoms with Gasteiger partial charge in [-0.3, -0.25) is 0 Å². The van der Waals surface area contributed by atoms with Gasteiger partial charge in [-0.15, -0.1) is 0 Å². The Labute approximate surface area is 94.6 Å². The number of benzene rings is 1. The quantitative estimate of drug-likeness (QED) is 0.765. The smallest absolute Gasteiger partial charge is 0.177 e. The second kappa shape index (κ2) is 4.03. The molecule has 1 aromatic heterocycles. The summed E-state index contributed by atoms with van der Waals surface area (Å²) in [6.45, 7) is 5.08. The molecule has 2 aromatic rings. The number of imidazole rings is 1. The molecule has 0 spiro atoms. The topological polar surface area (TPSA) is 20.7 Å². The van der Waals surface area contributed by atoms with Gasteiger partial charge in [0, 0.05) is 12.7 Å². The highest BCUT2D eigenvalue weighted by Crippen LogP contribution is 2.19. The fraction of sp³-hybridized carbons (Fsp3) is 0.250. The highest BCUT2D eigenvalue weighted by Gasteiger charge is 2.04. The average Bonchev–Trinajstić information content (AvgIpc) is 2.61. The van der Waals surface area contributed by atoms with E-state index in [-0.39, 0.29) is 0 Å². The van der Waals surface area contributed by atoms with Gasteiger partial charge in [-0.2, -0.15) is 0 Å².